The smallest absolute Gasteiger partial charge is 0.223 e. The Morgan fingerprint density at radius 3 is 2.61 bits per heavy atom. The molecule has 0 spiro atoms. The quantitative estimate of drug-likeness (QED) is 0.776. The number of carbonyl (C=O) groups is 1. The number of nitrogen functional groups attached to an aromatic ring is 1. The van der Waals surface area contributed by atoms with Crippen molar-refractivity contribution in [3.8, 4) is 0 Å². The monoisotopic (exact) mass is 425 g/mol. The third-order valence-corrected chi connectivity index (χ3v) is 8.46. The molecule has 170 valence electrons. The summed E-state index contributed by atoms with van der Waals surface area (Å²) >= 11 is 0. The molecule has 1 amide bonds. The average Bonchev–Trinajstić information content (AvgIpc) is 2.77. The largest absolute Gasteiger partial charge is 0.368 e. The van der Waals surface area contributed by atoms with Gasteiger partial charge in [0.05, 0.1) is 5.69 Å². The fourth-order valence-electron chi connectivity index (χ4n) is 6.96. The van der Waals surface area contributed by atoms with Crippen LogP contribution in [0.15, 0.2) is 6.07 Å². The van der Waals surface area contributed by atoms with Gasteiger partial charge in [0, 0.05) is 37.7 Å². The number of hydrogen-bond acceptors (Lipinski definition) is 5. The lowest BCUT2D eigenvalue weighted by Crippen LogP contribution is -2.65. The Balaban J connectivity index is 1.43. The van der Waals surface area contributed by atoms with Crippen LogP contribution in [-0.4, -0.2) is 45.9 Å². The Morgan fingerprint density at radius 1 is 1.06 bits per heavy atom. The molecule has 6 nitrogen and oxygen atoms in total. The number of carbonyl (C=O) groups excluding carboxylic acids is 1. The molecule has 31 heavy (non-hydrogen) atoms. The second-order valence-corrected chi connectivity index (χ2v) is 10.9. The van der Waals surface area contributed by atoms with Crippen molar-refractivity contribution in [2.24, 2.45) is 17.8 Å². The van der Waals surface area contributed by atoms with Crippen molar-refractivity contribution in [1.29, 1.82) is 0 Å². The minimum Gasteiger partial charge on any atom is -0.368 e. The number of anilines is 2. The van der Waals surface area contributed by atoms with Crippen LogP contribution in [0.3, 0.4) is 0 Å². The van der Waals surface area contributed by atoms with Crippen molar-refractivity contribution in [3.63, 3.8) is 0 Å². The van der Waals surface area contributed by atoms with E-state index in [1.54, 1.807) is 0 Å². The van der Waals surface area contributed by atoms with Crippen LogP contribution in [0.2, 0.25) is 0 Å². The lowest BCUT2D eigenvalue weighted by atomic mass is 9.69. The first-order chi connectivity index (χ1) is 15.0. The van der Waals surface area contributed by atoms with Gasteiger partial charge in [-0.25, -0.2) is 4.98 Å². The standard InChI is InChI=1S/C25H39N5O/c1-16(2)20-13-23(28-25(26)27-20)29-14-18-12-19(15-29)22(11-17-7-4-3-5-8-17)30-21(18)9-6-10-24(30)31/h13,16-19,21-22H,3-12,14-15H2,1-2H3,(H2,26,27,28)/t18-,19+,21+,22+/m1/s1. The number of piperidine rings is 3. The van der Waals surface area contributed by atoms with Crippen molar-refractivity contribution in [3.05, 3.63) is 11.8 Å². The zero-order chi connectivity index (χ0) is 21.5. The molecule has 4 atom stereocenters. The third-order valence-electron chi connectivity index (χ3n) is 8.46. The van der Waals surface area contributed by atoms with Crippen molar-refractivity contribution >= 4 is 17.7 Å². The van der Waals surface area contributed by atoms with Crippen LogP contribution >= 0.6 is 0 Å². The van der Waals surface area contributed by atoms with Gasteiger partial charge < -0.3 is 15.5 Å². The zero-order valence-electron chi connectivity index (χ0n) is 19.3. The fourth-order valence-corrected chi connectivity index (χ4v) is 6.96. The summed E-state index contributed by atoms with van der Waals surface area (Å²) in [4.78, 5) is 27.1. The van der Waals surface area contributed by atoms with Crippen LogP contribution in [-0.2, 0) is 4.79 Å². The molecule has 3 saturated heterocycles. The highest BCUT2D eigenvalue weighted by atomic mass is 16.2. The number of aromatic nitrogens is 2. The van der Waals surface area contributed by atoms with Gasteiger partial charge in [-0.1, -0.05) is 46.0 Å². The Kier molecular flexibility index (Phi) is 5.82. The number of nitrogens with two attached hydrogens (primary N) is 1. The lowest BCUT2D eigenvalue weighted by Gasteiger charge is -2.57. The summed E-state index contributed by atoms with van der Waals surface area (Å²) < 4.78 is 0. The summed E-state index contributed by atoms with van der Waals surface area (Å²) in [5.74, 6) is 4.00. The SMILES string of the molecule is CC(C)c1cc(N2C[C@H]3C[C@@H](C2)[C@H](CC2CCCCC2)N2C(=O)CCC[C@@H]32)nc(N)n1. The maximum absolute atomic E-state index is 13.1. The van der Waals surface area contributed by atoms with Gasteiger partial charge in [-0.05, 0) is 49.4 Å². The highest BCUT2D eigenvalue weighted by molar-refractivity contribution is 5.78. The molecule has 4 fully saturated rings. The molecule has 5 rings (SSSR count). The van der Waals surface area contributed by atoms with Gasteiger partial charge in [0.1, 0.15) is 5.82 Å². The Hall–Kier alpha value is -1.85. The fraction of sp³-hybridized carbons (Fsp3) is 0.800. The predicted octanol–water partition coefficient (Wildman–Crippen LogP) is 4.36. The van der Waals surface area contributed by atoms with E-state index in [4.69, 9.17) is 5.73 Å². The summed E-state index contributed by atoms with van der Waals surface area (Å²) in [6, 6.07) is 2.96. The van der Waals surface area contributed by atoms with Gasteiger partial charge in [0.2, 0.25) is 11.9 Å². The second kappa shape index (κ2) is 8.59. The molecule has 6 heteroatoms. The third kappa shape index (κ3) is 4.14. The summed E-state index contributed by atoms with van der Waals surface area (Å²) in [6.07, 6.45) is 12.3. The van der Waals surface area contributed by atoms with E-state index in [9.17, 15) is 4.79 Å². The second-order valence-electron chi connectivity index (χ2n) is 10.9. The number of fused-ring (bicyclic) bond motifs is 4. The van der Waals surface area contributed by atoms with Crippen molar-refractivity contribution in [2.75, 3.05) is 23.7 Å². The maximum atomic E-state index is 13.1. The molecule has 1 aromatic heterocycles. The average molecular weight is 426 g/mol. The molecule has 0 radical (unpaired) electrons. The van der Waals surface area contributed by atoms with Crippen LogP contribution in [0.5, 0.6) is 0 Å². The summed E-state index contributed by atoms with van der Waals surface area (Å²) in [6.45, 7) is 6.28. The maximum Gasteiger partial charge on any atom is 0.223 e. The van der Waals surface area contributed by atoms with E-state index in [1.165, 1.54) is 51.4 Å². The number of nitrogens with zero attached hydrogens (tertiary/aromatic N) is 4. The molecular formula is C25H39N5O. The number of hydrogen-bond donors (Lipinski definition) is 1. The van der Waals surface area contributed by atoms with Gasteiger partial charge in [-0.15, -0.1) is 0 Å². The minimum atomic E-state index is 0.332. The van der Waals surface area contributed by atoms with Crippen molar-refractivity contribution in [1.82, 2.24) is 14.9 Å². The molecule has 0 aromatic carbocycles. The molecule has 4 heterocycles. The Bertz CT molecular complexity index is 805. The number of amides is 1. The summed E-state index contributed by atoms with van der Waals surface area (Å²) in [5, 5.41) is 0. The van der Waals surface area contributed by atoms with E-state index >= 15 is 0 Å². The van der Waals surface area contributed by atoms with Gasteiger partial charge in [0.25, 0.3) is 0 Å². The van der Waals surface area contributed by atoms with Crippen LogP contribution < -0.4 is 10.6 Å². The molecule has 2 bridgehead atoms. The minimum absolute atomic E-state index is 0.332. The summed E-state index contributed by atoms with van der Waals surface area (Å²) in [5.41, 5.74) is 7.11. The van der Waals surface area contributed by atoms with E-state index in [0.29, 0.717) is 41.7 Å². The van der Waals surface area contributed by atoms with E-state index < -0.39 is 0 Å². The van der Waals surface area contributed by atoms with Crippen LogP contribution in [0.4, 0.5) is 11.8 Å². The Labute approximate surface area is 187 Å². The van der Waals surface area contributed by atoms with Crippen LogP contribution in [0.1, 0.15) is 89.7 Å². The van der Waals surface area contributed by atoms with E-state index in [1.807, 2.05) is 0 Å². The first kappa shape index (κ1) is 21.0. The molecule has 1 saturated carbocycles. The van der Waals surface area contributed by atoms with Crippen molar-refractivity contribution < 1.29 is 4.79 Å². The molecule has 1 aromatic rings. The molecule has 4 aliphatic rings. The van der Waals surface area contributed by atoms with E-state index in [-0.39, 0.29) is 0 Å². The van der Waals surface area contributed by atoms with E-state index in [0.717, 1.165) is 43.4 Å². The Morgan fingerprint density at radius 2 is 1.84 bits per heavy atom. The van der Waals surface area contributed by atoms with Gasteiger partial charge >= 0.3 is 0 Å². The molecule has 3 aliphatic heterocycles. The first-order valence-electron chi connectivity index (χ1n) is 12.7. The molecule has 0 unspecified atom stereocenters. The number of rotatable bonds is 4. The van der Waals surface area contributed by atoms with E-state index in [2.05, 4.69) is 39.7 Å². The highest BCUT2D eigenvalue weighted by Crippen LogP contribution is 2.45. The lowest BCUT2D eigenvalue weighted by molar-refractivity contribution is -0.149. The molecule has 2 N–H and O–H groups in total. The molecular weight excluding hydrogens is 386 g/mol. The van der Waals surface area contributed by atoms with Gasteiger partial charge in [-0.3, -0.25) is 4.79 Å². The predicted molar refractivity (Wildman–Crippen MR) is 124 cm³/mol. The highest BCUT2D eigenvalue weighted by Gasteiger charge is 2.49. The topological polar surface area (TPSA) is 75.3 Å². The zero-order valence-corrected chi connectivity index (χ0v) is 19.3. The molecule has 1 aliphatic carbocycles. The summed E-state index contributed by atoms with van der Waals surface area (Å²) in [7, 11) is 0. The normalized spacial score (nSPS) is 31.8. The van der Waals surface area contributed by atoms with Crippen LogP contribution in [0.25, 0.3) is 0 Å². The van der Waals surface area contributed by atoms with Gasteiger partial charge in [0.15, 0.2) is 0 Å². The first-order valence-corrected chi connectivity index (χ1v) is 12.7. The van der Waals surface area contributed by atoms with Crippen molar-refractivity contribution in [2.45, 2.75) is 96.1 Å². The van der Waals surface area contributed by atoms with Gasteiger partial charge in [-0.2, -0.15) is 4.98 Å². The van der Waals surface area contributed by atoms with Crippen LogP contribution in [0, 0.1) is 17.8 Å².